The number of aryl methyl sites for hydroxylation is 2. The molecule has 1 aromatic carbocycles. The van der Waals surface area contributed by atoms with Crippen molar-refractivity contribution in [2.75, 3.05) is 18.5 Å². The monoisotopic (exact) mass is 364 g/mol. The van der Waals surface area contributed by atoms with E-state index in [2.05, 4.69) is 58.8 Å². The molecule has 0 unspecified atom stereocenters. The van der Waals surface area contributed by atoms with Crippen molar-refractivity contribution in [3.05, 3.63) is 47.4 Å². The number of nitrogens with one attached hydrogen (secondary N) is 1. The lowest BCUT2D eigenvalue weighted by Crippen LogP contribution is -2.29. The summed E-state index contributed by atoms with van der Waals surface area (Å²) in [6, 6.07) is 8.32. The standard InChI is InChI=1S/C21H24N4O2/c1-13-5-4-6-17(11-13)25-15(3)14(2)18-19(22-12-23-20(18)25)24-21(26)16-7-9-27-10-8-16/h4-6,11-12,16H,7-10H2,1-3H3,(H,22,23,24,26). The van der Waals surface area contributed by atoms with Gasteiger partial charge in [0.1, 0.15) is 12.1 Å². The van der Waals surface area contributed by atoms with Gasteiger partial charge in [0, 0.05) is 30.5 Å². The summed E-state index contributed by atoms with van der Waals surface area (Å²) in [7, 11) is 0. The van der Waals surface area contributed by atoms with Gasteiger partial charge in [-0.1, -0.05) is 12.1 Å². The fraction of sp³-hybridized carbons (Fsp3) is 0.381. The molecular formula is C21H24N4O2. The lowest BCUT2D eigenvalue weighted by atomic mass is 9.99. The molecule has 1 fully saturated rings. The number of fused-ring (bicyclic) bond motifs is 1. The summed E-state index contributed by atoms with van der Waals surface area (Å²) in [6.45, 7) is 7.48. The van der Waals surface area contributed by atoms with Crippen LogP contribution in [0.1, 0.15) is 29.7 Å². The van der Waals surface area contributed by atoms with E-state index in [1.807, 2.05) is 6.07 Å². The van der Waals surface area contributed by atoms with E-state index in [0.29, 0.717) is 19.0 Å². The SMILES string of the molecule is Cc1cccc(-n2c(C)c(C)c3c(NC(=O)C4CCOCC4)ncnc32)c1. The molecule has 1 aliphatic heterocycles. The molecule has 0 radical (unpaired) electrons. The van der Waals surface area contributed by atoms with E-state index in [9.17, 15) is 4.79 Å². The number of hydrogen-bond acceptors (Lipinski definition) is 4. The van der Waals surface area contributed by atoms with Crippen molar-refractivity contribution in [2.45, 2.75) is 33.6 Å². The normalized spacial score (nSPS) is 15.2. The van der Waals surface area contributed by atoms with Crippen molar-refractivity contribution >= 4 is 22.8 Å². The lowest BCUT2D eigenvalue weighted by Gasteiger charge is -2.21. The van der Waals surface area contributed by atoms with Crippen LogP contribution in [0.2, 0.25) is 0 Å². The van der Waals surface area contributed by atoms with Gasteiger partial charge in [-0.15, -0.1) is 0 Å². The van der Waals surface area contributed by atoms with Gasteiger partial charge in [0.05, 0.1) is 5.39 Å². The fourth-order valence-corrected chi connectivity index (χ4v) is 3.75. The molecule has 6 heteroatoms. The average molecular weight is 364 g/mol. The molecule has 27 heavy (non-hydrogen) atoms. The molecule has 4 rings (SSSR count). The molecule has 0 bridgehead atoms. The molecule has 0 spiro atoms. The Morgan fingerprint density at radius 1 is 1.19 bits per heavy atom. The molecule has 2 aromatic heterocycles. The minimum Gasteiger partial charge on any atom is -0.381 e. The Hall–Kier alpha value is -2.73. The first-order valence-electron chi connectivity index (χ1n) is 9.34. The number of benzene rings is 1. The second-order valence-corrected chi connectivity index (χ2v) is 7.18. The van der Waals surface area contributed by atoms with Crippen molar-refractivity contribution in [1.29, 1.82) is 0 Å². The van der Waals surface area contributed by atoms with E-state index in [1.54, 1.807) is 0 Å². The van der Waals surface area contributed by atoms with Crippen LogP contribution in [-0.4, -0.2) is 33.7 Å². The smallest absolute Gasteiger partial charge is 0.228 e. The summed E-state index contributed by atoms with van der Waals surface area (Å²) < 4.78 is 7.49. The zero-order valence-electron chi connectivity index (χ0n) is 16.0. The van der Waals surface area contributed by atoms with Gasteiger partial charge in [-0.3, -0.25) is 9.36 Å². The van der Waals surface area contributed by atoms with Crippen LogP contribution in [-0.2, 0) is 9.53 Å². The van der Waals surface area contributed by atoms with Gasteiger partial charge in [-0.25, -0.2) is 9.97 Å². The van der Waals surface area contributed by atoms with Gasteiger partial charge < -0.3 is 10.1 Å². The van der Waals surface area contributed by atoms with E-state index < -0.39 is 0 Å². The van der Waals surface area contributed by atoms with Crippen LogP contribution in [0.15, 0.2) is 30.6 Å². The number of amides is 1. The Balaban J connectivity index is 1.77. The lowest BCUT2D eigenvalue weighted by molar-refractivity contribution is -0.122. The first-order chi connectivity index (χ1) is 13.1. The van der Waals surface area contributed by atoms with Gasteiger partial charge in [0.25, 0.3) is 0 Å². The summed E-state index contributed by atoms with van der Waals surface area (Å²) >= 11 is 0. The molecule has 140 valence electrons. The van der Waals surface area contributed by atoms with Crippen molar-refractivity contribution < 1.29 is 9.53 Å². The van der Waals surface area contributed by atoms with Crippen LogP contribution in [0, 0.1) is 26.7 Å². The van der Waals surface area contributed by atoms with Crippen LogP contribution in [0.25, 0.3) is 16.7 Å². The van der Waals surface area contributed by atoms with Gasteiger partial charge >= 0.3 is 0 Å². The second-order valence-electron chi connectivity index (χ2n) is 7.18. The van der Waals surface area contributed by atoms with Crippen molar-refractivity contribution in [3.63, 3.8) is 0 Å². The predicted molar refractivity (Wildman–Crippen MR) is 105 cm³/mol. The molecule has 1 saturated heterocycles. The van der Waals surface area contributed by atoms with Gasteiger partial charge in [-0.05, 0) is 56.9 Å². The van der Waals surface area contributed by atoms with Crippen LogP contribution in [0.5, 0.6) is 0 Å². The van der Waals surface area contributed by atoms with E-state index in [0.717, 1.165) is 40.8 Å². The molecule has 3 heterocycles. The van der Waals surface area contributed by atoms with E-state index in [4.69, 9.17) is 4.74 Å². The fourth-order valence-electron chi connectivity index (χ4n) is 3.75. The number of hydrogen-bond donors (Lipinski definition) is 1. The third kappa shape index (κ3) is 3.21. The molecule has 6 nitrogen and oxygen atoms in total. The maximum Gasteiger partial charge on any atom is 0.228 e. The number of carbonyl (C=O) groups excluding carboxylic acids is 1. The largest absolute Gasteiger partial charge is 0.381 e. The van der Waals surface area contributed by atoms with Crippen molar-refractivity contribution in [1.82, 2.24) is 14.5 Å². The summed E-state index contributed by atoms with van der Waals surface area (Å²) in [6.07, 6.45) is 3.03. The van der Waals surface area contributed by atoms with Crippen LogP contribution in [0.3, 0.4) is 0 Å². The number of anilines is 1. The number of carbonyl (C=O) groups is 1. The van der Waals surface area contributed by atoms with Gasteiger partial charge in [0.15, 0.2) is 5.65 Å². The van der Waals surface area contributed by atoms with Gasteiger partial charge in [-0.2, -0.15) is 0 Å². The minimum absolute atomic E-state index is 0.0126. The first-order valence-corrected chi connectivity index (χ1v) is 9.34. The summed E-state index contributed by atoms with van der Waals surface area (Å²) in [4.78, 5) is 21.6. The molecule has 0 atom stereocenters. The average Bonchev–Trinajstić information content (AvgIpc) is 2.94. The highest BCUT2D eigenvalue weighted by Gasteiger charge is 2.24. The predicted octanol–water partition coefficient (Wildman–Crippen LogP) is 3.71. The van der Waals surface area contributed by atoms with Crippen molar-refractivity contribution in [2.24, 2.45) is 5.92 Å². The van der Waals surface area contributed by atoms with Crippen LogP contribution >= 0.6 is 0 Å². The Bertz CT molecular complexity index is 1000. The summed E-state index contributed by atoms with van der Waals surface area (Å²) in [5, 5.41) is 3.94. The third-order valence-corrected chi connectivity index (χ3v) is 5.39. The third-order valence-electron chi connectivity index (χ3n) is 5.39. The number of ether oxygens (including phenoxy) is 1. The minimum atomic E-state index is -0.0240. The first kappa shape index (κ1) is 17.7. The summed E-state index contributed by atoms with van der Waals surface area (Å²) in [5.74, 6) is 0.575. The van der Waals surface area contributed by atoms with Crippen molar-refractivity contribution in [3.8, 4) is 5.69 Å². The van der Waals surface area contributed by atoms with E-state index >= 15 is 0 Å². The molecule has 3 aromatic rings. The highest BCUT2D eigenvalue weighted by atomic mass is 16.5. The Labute approximate surface area is 158 Å². The van der Waals surface area contributed by atoms with Crippen LogP contribution < -0.4 is 5.32 Å². The zero-order valence-corrected chi connectivity index (χ0v) is 16.0. The maximum absolute atomic E-state index is 12.7. The van der Waals surface area contributed by atoms with Gasteiger partial charge in [0.2, 0.25) is 5.91 Å². The number of nitrogens with zero attached hydrogens (tertiary/aromatic N) is 3. The quantitative estimate of drug-likeness (QED) is 0.769. The molecule has 1 amide bonds. The molecule has 0 saturated carbocycles. The highest BCUT2D eigenvalue weighted by Crippen LogP contribution is 2.32. The van der Waals surface area contributed by atoms with E-state index in [1.165, 1.54) is 11.9 Å². The summed E-state index contributed by atoms with van der Waals surface area (Å²) in [5.41, 5.74) is 5.24. The Morgan fingerprint density at radius 2 is 1.96 bits per heavy atom. The molecule has 1 aliphatic rings. The second kappa shape index (κ2) is 7.12. The Morgan fingerprint density at radius 3 is 2.70 bits per heavy atom. The van der Waals surface area contributed by atoms with Crippen LogP contribution in [0.4, 0.5) is 5.82 Å². The zero-order chi connectivity index (χ0) is 19.0. The molecule has 0 aliphatic carbocycles. The molecule has 1 N–H and O–H groups in total. The number of aromatic nitrogens is 3. The topological polar surface area (TPSA) is 69.0 Å². The highest BCUT2D eigenvalue weighted by molar-refractivity contribution is 6.01. The number of rotatable bonds is 3. The molecular weight excluding hydrogens is 340 g/mol. The van der Waals surface area contributed by atoms with E-state index in [-0.39, 0.29) is 11.8 Å². The maximum atomic E-state index is 12.7. The Kier molecular flexibility index (Phi) is 4.66.